The van der Waals surface area contributed by atoms with Gasteiger partial charge in [-0.3, -0.25) is 4.99 Å². The van der Waals surface area contributed by atoms with Crippen molar-refractivity contribution in [3.63, 3.8) is 0 Å². The van der Waals surface area contributed by atoms with Gasteiger partial charge in [-0.1, -0.05) is 36.4 Å². The fourth-order valence-corrected chi connectivity index (χ4v) is 1.67. The lowest BCUT2D eigenvalue weighted by Gasteiger charge is -2.22. The number of allylic oxidation sites excluding steroid dienone is 2. The summed E-state index contributed by atoms with van der Waals surface area (Å²) in [5.74, 6) is 0.239. The predicted molar refractivity (Wildman–Crippen MR) is 56.5 cm³/mol. The van der Waals surface area contributed by atoms with E-state index >= 15 is 0 Å². The Balaban J connectivity index is 2.31. The molecule has 2 aliphatic rings. The predicted octanol–water partition coefficient (Wildman–Crippen LogP) is 2.33. The summed E-state index contributed by atoms with van der Waals surface area (Å²) in [7, 11) is 0. The van der Waals surface area contributed by atoms with Gasteiger partial charge in [-0.15, -0.1) is 0 Å². The maximum absolute atomic E-state index is 5.91. The van der Waals surface area contributed by atoms with E-state index in [-0.39, 0.29) is 12.0 Å². The summed E-state index contributed by atoms with van der Waals surface area (Å²) >= 11 is 5.91. The molecule has 3 heteroatoms. The van der Waals surface area contributed by atoms with Gasteiger partial charge in [0.15, 0.2) is 0 Å². The van der Waals surface area contributed by atoms with Crippen LogP contribution in [0.3, 0.4) is 0 Å². The highest BCUT2D eigenvalue weighted by Crippen LogP contribution is 2.24. The lowest BCUT2D eigenvalue weighted by atomic mass is 9.94. The highest BCUT2D eigenvalue weighted by atomic mass is 35.5. The Bertz CT molecular complexity index is 350. The Morgan fingerprint density at radius 3 is 3.15 bits per heavy atom. The standard InChI is InChI=1S/C10H9ClN2/c1-2-7-5-8-3-4-12-10(11)9(8)13-6-7/h2-6,8-9H,1H2. The van der Waals surface area contributed by atoms with Crippen molar-refractivity contribution >= 4 is 23.0 Å². The molecule has 0 N–H and O–H groups in total. The molecule has 0 aromatic heterocycles. The second-order valence-electron chi connectivity index (χ2n) is 2.96. The zero-order valence-electron chi connectivity index (χ0n) is 7.02. The molecule has 66 valence electrons. The molecule has 13 heavy (non-hydrogen) atoms. The minimum atomic E-state index is -0.0182. The van der Waals surface area contributed by atoms with E-state index in [9.17, 15) is 0 Å². The average Bonchev–Trinajstić information content (AvgIpc) is 2.18. The Kier molecular flexibility index (Phi) is 2.15. The van der Waals surface area contributed by atoms with E-state index in [1.54, 1.807) is 18.5 Å². The normalized spacial score (nSPS) is 30.5. The topological polar surface area (TPSA) is 24.7 Å². The quantitative estimate of drug-likeness (QED) is 0.609. The van der Waals surface area contributed by atoms with E-state index in [0.29, 0.717) is 5.17 Å². The average molecular weight is 193 g/mol. The fraction of sp³-hybridized carbons (Fsp3) is 0.200. The third kappa shape index (κ3) is 1.49. The molecule has 2 atom stereocenters. The summed E-state index contributed by atoms with van der Waals surface area (Å²) in [4.78, 5) is 8.30. The summed E-state index contributed by atoms with van der Waals surface area (Å²) in [5, 5.41) is 0.558. The number of fused-ring (bicyclic) bond motifs is 1. The molecule has 0 bridgehead atoms. The molecule has 0 spiro atoms. The zero-order chi connectivity index (χ0) is 9.26. The Hall–Kier alpha value is -1.15. The van der Waals surface area contributed by atoms with E-state index in [1.807, 2.05) is 6.08 Å². The van der Waals surface area contributed by atoms with Gasteiger partial charge in [-0.2, -0.15) is 0 Å². The number of nitrogens with zero attached hydrogens (tertiary/aromatic N) is 2. The number of dihydropyridines is 1. The molecule has 2 nitrogen and oxygen atoms in total. The maximum Gasteiger partial charge on any atom is 0.131 e. The summed E-state index contributed by atoms with van der Waals surface area (Å²) < 4.78 is 0. The molecule has 0 saturated carbocycles. The Morgan fingerprint density at radius 2 is 2.38 bits per heavy atom. The van der Waals surface area contributed by atoms with Crippen molar-refractivity contribution in [3.8, 4) is 0 Å². The first-order valence-corrected chi connectivity index (χ1v) is 4.46. The first-order chi connectivity index (χ1) is 6.31. The van der Waals surface area contributed by atoms with Gasteiger partial charge < -0.3 is 0 Å². The van der Waals surface area contributed by atoms with E-state index in [2.05, 4.69) is 22.6 Å². The first-order valence-electron chi connectivity index (χ1n) is 4.08. The van der Waals surface area contributed by atoms with Crippen LogP contribution < -0.4 is 0 Å². The fourth-order valence-electron chi connectivity index (χ4n) is 1.41. The molecule has 0 amide bonds. The van der Waals surface area contributed by atoms with Crippen molar-refractivity contribution in [2.75, 3.05) is 0 Å². The molecular formula is C10H9ClN2. The van der Waals surface area contributed by atoms with Gasteiger partial charge in [-0.25, -0.2) is 4.99 Å². The summed E-state index contributed by atoms with van der Waals surface area (Å²) in [5.41, 5.74) is 1.04. The molecule has 0 aromatic carbocycles. The number of hydrogen-bond donors (Lipinski definition) is 0. The summed E-state index contributed by atoms with van der Waals surface area (Å²) in [6.45, 7) is 3.69. The second kappa shape index (κ2) is 3.30. The van der Waals surface area contributed by atoms with Crippen LogP contribution in [0.5, 0.6) is 0 Å². The van der Waals surface area contributed by atoms with Crippen molar-refractivity contribution in [1.82, 2.24) is 0 Å². The van der Waals surface area contributed by atoms with Gasteiger partial charge in [0, 0.05) is 18.3 Å². The maximum atomic E-state index is 5.91. The van der Waals surface area contributed by atoms with Crippen molar-refractivity contribution in [3.05, 3.63) is 36.6 Å². The van der Waals surface area contributed by atoms with Crippen LogP contribution in [0.1, 0.15) is 0 Å². The molecular weight excluding hydrogens is 184 g/mol. The molecule has 2 rings (SSSR count). The molecule has 2 unspecified atom stereocenters. The number of aliphatic imine (C=N–C) groups is 2. The summed E-state index contributed by atoms with van der Waals surface area (Å²) in [6, 6.07) is -0.0182. The van der Waals surface area contributed by atoms with Crippen LogP contribution in [0.25, 0.3) is 0 Å². The highest BCUT2D eigenvalue weighted by Gasteiger charge is 2.25. The summed E-state index contributed by atoms with van der Waals surface area (Å²) in [6.07, 6.45) is 9.38. The van der Waals surface area contributed by atoms with E-state index < -0.39 is 0 Å². The molecule has 2 aliphatic heterocycles. The van der Waals surface area contributed by atoms with E-state index in [4.69, 9.17) is 11.6 Å². The number of rotatable bonds is 1. The van der Waals surface area contributed by atoms with Crippen molar-refractivity contribution in [2.45, 2.75) is 6.04 Å². The van der Waals surface area contributed by atoms with E-state index in [0.717, 1.165) is 5.57 Å². The smallest absolute Gasteiger partial charge is 0.131 e. The van der Waals surface area contributed by atoms with E-state index in [1.165, 1.54) is 0 Å². The van der Waals surface area contributed by atoms with Crippen LogP contribution in [0.4, 0.5) is 0 Å². The monoisotopic (exact) mass is 192 g/mol. The Morgan fingerprint density at radius 1 is 1.54 bits per heavy atom. The first kappa shape index (κ1) is 8.45. The molecule has 0 radical (unpaired) electrons. The highest BCUT2D eigenvalue weighted by molar-refractivity contribution is 6.67. The van der Waals surface area contributed by atoms with Crippen molar-refractivity contribution in [2.24, 2.45) is 15.9 Å². The lowest BCUT2D eigenvalue weighted by Crippen LogP contribution is -2.27. The van der Waals surface area contributed by atoms with Crippen LogP contribution in [0.15, 0.2) is 46.6 Å². The Labute approximate surface area is 82.0 Å². The van der Waals surface area contributed by atoms with Crippen LogP contribution >= 0.6 is 11.6 Å². The minimum absolute atomic E-state index is 0.0182. The lowest BCUT2D eigenvalue weighted by molar-refractivity contribution is 0.714. The van der Waals surface area contributed by atoms with Crippen LogP contribution in [-0.4, -0.2) is 17.4 Å². The van der Waals surface area contributed by atoms with Crippen molar-refractivity contribution in [1.29, 1.82) is 0 Å². The van der Waals surface area contributed by atoms with Gasteiger partial charge in [-0.05, 0) is 5.57 Å². The zero-order valence-corrected chi connectivity index (χ0v) is 7.78. The van der Waals surface area contributed by atoms with Crippen molar-refractivity contribution < 1.29 is 0 Å². The van der Waals surface area contributed by atoms with Gasteiger partial charge >= 0.3 is 0 Å². The molecule has 0 aliphatic carbocycles. The third-order valence-electron chi connectivity index (χ3n) is 2.12. The number of halogens is 1. The van der Waals surface area contributed by atoms with Crippen LogP contribution in [0.2, 0.25) is 0 Å². The third-order valence-corrected chi connectivity index (χ3v) is 2.44. The largest absolute Gasteiger partial charge is 0.281 e. The van der Waals surface area contributed by atoms with Gasteiger partial charge in [0.2, 0.25) is 0 Å². The van der Waals surface area contributed by atoms with Crippen LogP contribution in [-0.2, 0) is 0 Å². The minimum Gasteiger partial charge on any atom is -0.281 e. The molecule has 0 fully saturated rings. The van der Waals surface area contributed by atoms with Crippen LogP contribution in [0, 0.1) is 5.92 Å². The number of hydrogen-bond acceptors (Lipinski definition) is 2. The molecule has 0 aromatic rings. The molecule has 2 heterocycles. The molecule has 0 saturated heterocycles. The SMILES string of the molecule is C=CC1=CC2C=CN=C(Cl)C2N=C1. The van der Waals surface area contributed by atoms with Gasteiger partial charge in [0.1, 0.15) is 11.2 Å². The second-order valence-corrected chi connectivity index (χ2v) is 3.35. The van der Waals surface area contributed by atoms with Gasteiger partial charge in [0.05, 0.1) is 0 Å². The van der Waals surface area contributed by atoms with Gasteiger partial charge in [0.25, 0.3) is 0 Å².